The first-order valence-electron chi connectivity index (χ1n) is 8.43. The summed E-state index contributed by atoms with van der Waals surface area (Å²) in [6.45, 7) is 1.56. The molecule has 0 radical (unpaired) electrons. The molecule has 0 aliphatic heterocycles. The topological polar surface area (TPSA) is 93.2 Å². The summed E-state index contributed by atoms with van der Waals surface area (Å²) in [5.74, 6) is -1.49. The van der Waals surface area contributed by atoms with Gasteiger partial charge in [0, 0.05) is 17.2 Å². The van der Waals surface area contributed by atoms with Crippen LogP contribution in [0.5, 0.6) is 5.75 Å². The molecule has 2 aromatic rings. The van der Waals surface area contributed by atoms with Crippen LogP contribution in [0.15, 0.2) is 12.1 Å². The lowest BCUT2D eigenvalue weighted by molar-refractivity contribution is -0.274. The fraction of sp³-hybridized carbons (Fsp3) is 0.333. The lowest BCUT2D eigenvalue weighted by Crippen LogP contribution is -2.25. The van der Waals surface area contributed by atoms with Crippen LogP contribution in [0.2, 0.25) is 5.02 Å². The molecule has 29 heavy (non-hydrogen) atoms. The number of halogens is 4. The summed E-state index contributed by atoms with van der Waals surface area (Å²) in [5.41, 5.74) is 0.787. The number of nitrogens with one attached hydrogen (secondary N) is 2. The summed E-state index contributed by atoms with van der Waals surface area (Å²) in [6, 6.07) is 7.20. The van der Waals surface area contributed by atoms with Crippen molar-refractivity contribution >= 4 is 29.4 Å². The van der Waals surface area contributed by atoms with Crippen molar-refractivity contribution in [3.8, 4) is 5.75 Å². The second kappa shape index (κ2) is 8.13. The number of rotatable bonds is 6. The molecular formula is C18H14ClF3N4O3. The molecule has 0 spiro atoms. The number of hydrogen-bond donors (Lipinski definition) is 2. The van der Waals surface area contributed by atoms with E-state index in [0.29, 0.717) is 5.69 Å². The Labute approximate surface area is 168 Å². The first kappa shape index (κ1) is 20.7. The molecule has 1 aliphatic rings. The molecule has 1 aromatic carbocycles. The summed E-state index contributed by atoms with van der Waals surface area (Å²) in [6.07, 6.45) is -3.27. The summed E-state index contributed by atoms with van der Waals surface area (Å²) in [5, 5.41) is 4.78. The monoisotopic (exact) mass is 426 g/mol. The smallest absolute Gasteiger partial charge is 0.396 e. The van der Waals surface area contributed by atoms with Crippen LogP contribution in [0.1, 0.15) is 34.6 Å². The van der Waals surface area contributed by atoms with Crippen LogP contribution in [-0.2, 0) is 11.3 Å². The highest BCUT2D eigenvalue weighted by atomic mass is 35.5. The Hall–Kier alpha value is -3.06. The van der Waals surface area contributed by atoms with E-state index in [1.807, 2.05) is 0 Å². The van der Waals surface area contributed by atoms with Crippen molar-refractivity contribution in [3.05, 3.63) is 46.2 Å². The quantitative estimate of drug-likeness (QED) is 0.739. The number of carbonyl (C=O) groups excluding carboxylic acids is 2. The Bertz CT molecular complexity index is 948. The van der Waals surface area contributed by atoms with Gasteiger partial charge in [0.2, 0.25) is 11.9 Å². The average molecular weight is 427 g/mol. The molecule has 152 valence electrons. The van der Waals surface area contributed by atoms with E-state index in [1.54, 1.807) is 6.92 Å². The minimum Gasteiger partial charge on any atom is -0.396 e. The van der Waals surface area contributed by atoms with Crippen LogP contribution in [0.3, 0.4) is 0 Å². The third kappa shape index (κ3) is 5.96. The maximum Gasteiger partial charge on any atom is 0.573 e. The van der Waals surface area contributed by atoms with Crippen molar-refractivity contribution in [2.45, 2.75) is 32.7 Å². The van der Waals surface area contributed by atoms with Crippen LogP contribution in [0, 0.1) is 25.0 Å². The predicted molar refractivity (Wildman–Crippen MR) is 95.1 cm³/mol. The van der Waals surface area contributed by atoms with Crippen LogP contribution in [0.25, 0.3) is 0 Å². The van der Waals surface area contributed by atoms with Gasteiger partial charge in [-0.3, -0.25) is 14.9 Å². The molecule has 1 heterocycles. The zero-order valence-electron chi connectivity index (χ0n) is 15.0. The largest absolute Gasteiger partial charge is 0.573 e. The first-order chi connectivity index (χ1) is 13.6. The molecule has 1 saturated carbocycles. The zero-order valence-corrected chi connectivity index (χ0v) is 15.7. The van der Waals surface area contributed by atoms with Crippen LogP contribution < -0.4 is 15.4 Å². The lowest BCUT2D eigenvalue weighted by Gasteiger charge is -2.09. The SMILES string of the molecule is Cc1cc(C(=O)NCc2c#cc(OC(F)(F)F)c(Cl)c2)nc(NC(=O)C2CC2)n1. The fourth-order valence-electron chi connectivity index (χ4n) is 2.30. The molecule has 1 aliphatic carbocycles. The van der Waals surface area contributed by atoms with Crippen molar-refractivity contribution < 1.29 is 27.5 Å². The number of aryl methyl sites for hydroxylation is 1. The van der Waals surface area contributed by atoms with Crippen molar-refractivity contribution in [2.24, 2.45) is 5.92 Å². The molecule has 0 unspecified atom stereocenters. The number of aromatic nitrogens is 2. The second-order valence-corrected chi connectivity index (χ2v) is 6.72. The standard InChI is InChI=1S/C18H14ClF3N4O3/c1-9-6-13(25-17(24-9)26-15(27)11-3-4-11)16(28)23-8-10-2-5-14(12(19)7-10)29-18(20,21)22/h6-7,11H,3-4,8H2,1H3,(H,23,28)(H,24,25,26,27). The van der Waals surface area contributed by atoms with Gasteiger partial charge >= 0.3 is 6.36 Å². The molecule has 0 bridgehead atoms. The Morgan fingerprint density at radius 2 is 2.00 bits per heavy atom. The second-order valence-electron chi connectivity index (χ2n) is 6.31. The highest BCUT2D eigenvalue weighted by Crippen LogP contribution is 2.30. The fourth-order valence-corrected chi connectivity index (χ4v) is 2.52. The Kier molecular flexibility index (Phi) is 5.79. The molecule has 2 N–H and O–H groups in total. The normalized spacial score (nSPS) is 13.4. The summed E-state index contributed by atoms with van der Waals surface area (Å²) in [7, 11) is 0. The van der Waals surface area contributed by atoms with Gasteiger partial charge in [0.05, 0.1) is 11.6 Å². The number of amides is 2. The van der Waals surface area contributed by atoms with Crippen molar-refractivity contribution in [1.82, 2.24) is 15.3 Å². The minimum atomic E-state index is -4.90. The van der Waals surface area contributed by atoms with E-state index in [4.69, 9.17) is 11.6 Å². The number of ether oxygens (including phenoxy) is 1. The van der Waals surface area contributed by atoms with E-state index in [-0.39, 0.29) is 40.6 Å². The lowest BCUT2D eigenvalue weighted by atomic mass is 10.2. The van der Waals surface area contributed by atoms with Gasteiger partial charge in [-0.1, -0.05) is 17.7 Å². The van der Waals surface area contributed by atoms with Crippen molar-refractivity contribution in [2.75, 3.05) is 5.32 Å². The Morgan fingerprint density at radius 1 is 1.28 bits per heavy atom. The van der Waals surface area contributed by atoms with E-state index in [2.05, 4.69) is 37.5 Å². The molecular weight excluding hydrogens is 413 g/mol. The molecule has 7 nitrogen and oxygen atoms in total. The zero-order chi connectivity index (χ0) is 21.2. The van der Waals surface area contributed by atoms with E-state index < -0.39 is 18.0 Å². The van der Waals surface area contributed by atoms with Gasteiger partial charge in [-0.05, 0) is 38.0 Å². The molecule has 3 rings (SSSR count). The van der Waals surface area contributed by atoms with Gasteiger partial charge in [0.1, 0.15) is 5.69 Å². The van der Waals surface area contributed by atoms with Crippen LogP contribution >= 0.6 is 11.6 Å². The third-order valence-corrected chi connectivity index (χ3v) is 4.06. The van der Waals surface area contributed by atoms with Gasteiger partial charge in [0.15, 0.2) is 5.75 Å². The number of anilines is 1. The third-order valence-electron chi connectivity index (χ3n) is 3.78. The van der Waals surface area contributed by atoms with Gasteiger partial charge in [0.25, 0.3) is 5.91 Å². The van der Waals surface area contributed by atoms with E-state index in [9.17, 15) is 22.8 Å². The van der Waals surface area contributed by atoms with Crippen molar-refractivity contribution in [1.29, 1.82) is 0 Å². The minimum absolute atomic E-state index is 0.0238. The number of carbonyl (C=O) groups is 2. The maximum absolute atomic E-state index is 12.3. The summed E-state index contributed by atoms with van der Waals surface area (Å²) >= 11 is 5.74. The van der Waals surface area contributed by atoms with Crippen molar-refractivity contribution in [3.63, 3.8) is 0 Å². The Morgan fingerprint density at radius 3 is 2.62 bits per heavy atom. The predicted octanol–water partition coefficient (Wildman–Crippen LogP) is 3.22. The van der Waals surface area contributed by atoms with Gasteiger partial charge in [-0.2, -0.15) is 0 Å². The summed E-state index contributed by atoms with van der Waals surface area (Å²) < 4.78 is 40.4. The van der Waals surface area contributed by atoms with E-state index in [1.165, 1.54) is 12.1 Å². The van der Waals surface area contributed by atoms with Gasteiger partial charge in [-0.25, -0.2) is 9.97 Å². The van der Waals surface area contributed by atoms with E-state index in [0.717, 1.165) is 12.8 Å². The van der Waals surface area contributed by atoms with Crippen LogP contribution in [0.4, 0.5) is 19.1 Å². The molecule has 1 fully saturated rings. The van der Waals surface area contributed by atoms with E-state index >= 15 is 0 Å². The molecule has 11 heteroatoms. The molecule has 1 aromatic heterocycles. The maximum atomic E-state index is 12.3. The number of hydrogen-bond acceptors (Lipinski definition) is 5. The van der Waals surface area contributed by atoms with Gasteiger partial charge < -0.3 is 10.1 Å². The van der Waals surface area contributed by atoms with Gasteiger partial charge in [-0.15, -0.1) is 13.2 Å². The molecule has 0 saturated heterocycles. The summed E-state index contributed by atoms with van der Waals surface area (Å²) in [4.78, 5) is 32.3. The highest BCUT2D eigenvalue weighted by Gasteiger charge is 2.32. The number of alkyl halides is 3. The number of nitrogens with zero attached hydrogens (tertiary/aromatic N) is 2. The molecule has 0 atom stereocenters. The molecule has 2 amide bonds. The highest BCUT2D eigenvalue weighted by molar-refractivity contribution is 6.32. The average Bonchev–Trinajstić information content (AvgIpc) is 3.45. The Balaban J connectivity index is 1.63. The van der Waals surface area contributed by atoms with Crippen LogP contribution in [-0.4, -0.2) is 28.1 Å². The first-order valence-corrected chi connectivity index (χ1v) is 8.81.